The molecule has 0 fully saturated rings. The number of nitro benzene ring substituents is 1. The molecule has 1 amide bonds. The van der Waals surface area contributed by atoms with E-state index in [1.807, 2.05) is 0 Å². The number of nitrogen functional groups attached to an aromatic ring is 1. The average Bonchev–Trinajstić information content (AvgIpc) is 2.73. The number of benzene rings is 1. The normalized spacial score (nSPS) is 10.4. The first-order valence-corrected chi connectivity index (χ1v) is 6.25. The van der Waals surface area contributed by atoms with Crippen molar-refractivity contribution >= 4 is 34.6 Å². The van der Waals surface area contributed by atoms with Gasteiger partial charge in [-0.2, -0.15) is 5.10 Å². The van der Waals surface area contributed by atoms with E-state index >= 15 is 0 Å². The van der Waals surface area contributed by atoms with E-state index in [-0.39, 0.29) is 16.3 Å². The van der Waals surface area contributed by atoms with Crippen LogP contribution in [0.4, 0.5) is 17.1 Å². The Morgan fingerprint density at radius 1 is 1.48 bits per heavy atom. The standard InChI is InChI=1S/C12H12ClN5O3/c1-5-11(6(2)17-16-5)15-12(19)7-3-8(13)10(14)9(4-7)18(20)21/h3-4H,14H2,1-2H3,(H,15,19)(H,16,17). The van der Waals surface area contributed by atoms with E-state index < -0.39 is 16.5 Å². The van der Waals surface area contributed by atoms with Crippen molar-refractivity contribution in [1.29, 1.82) is 0 Å². The number of hydrogen-bond acceptors (Lipinski definition) is 5. The van der Waals surface area contributed by atoms with Crippen molar-refractivity contribution in [2.75, 3.05) is 11.1 Å². The molecule has 110 valence electrons. The highest BCUT2D eigenvalue weighted by Crippen LogP contribution is 2.31. The predicted octanol–water partition coefficient (Wildman–Crippen LogP) is 2.42. The molecule has 0 bridgehead atoms. The molecule has 0 unspecified atom stereocenters. The Kier molecular flexibility index (Phi) is 3.81. The molecule has 4 N–H and O–H groups in total. The van der Waals surface area contributed by atoms with E-state index in [1.165, 1.54) is 6.07 Å². The molecule has 2 rings (SSSR count). The van der Waals surface area contributed by atoms with Gasteiger partial charge in [0.15, 0.2) is 0 Å². The quantitative estimate of drug-likeness (QED) is 0.456. The number of amides is 1. The maximum absolute atomic E-state index is 12.2. The van der Waals surface area contributed by atoms with Crippen molar-refractivity contribution in [2.24, 2.45) is 0 Å². The van der Waals surface area contributed by atoms with E-state index in [4.69, 9.17) is 17.3 Å². The number of aryl methyl sites for hydroxylation is 2. The third kappa shape index (κ3) is 2.79. The Balaban J connectivity index is 2.38. The summed E-state index contributed by atoms with van der Waals surface area (Å²) in [7, 11) is 0. The van der Waals surface area contributed by atoms with Crippen LogP contribution >= 0.6 is 11.6 Å². The highest BCUT2D eigenvalue weighted by molar-refractivity contribution is 6.34. The first-order valence-electron chi connectivity index (χ1n) is 5.87. The molecular formula is C12H12ClN5O3. The molecule has 0 radical (unpaired) electrons. The Morgan fingerprint density at radius 2 is 2.14 bits per heavy atom. The molecule has 2 aromatic rings. The van der Waals surface area contributed by atoms with Crippen LogP contribution < -0.4 is 11.1 Å². The topological polar surface area (TPSA) is 127 Å². The van der Waals surface area contributed by atoms with Crippen LogP contribution in [0.5, 0.6) is 0 Å². The zero-order valence-corrected chi connectivity index (χ0v) is 12.0. The smallest absolute Gasteiger partial charge is 0.294 e. The molecule has 1 aromatic heterocycles. The number of carbonyl (C=O) groups excluding carboxylic acids is 1. The number of nitrogens with two attached hydrogens (primary N) is 1. The van der Waals surface area contributed by atoms with Crippen LogP contribution in [-0.2, 0) is 0 Å². The van der Waals surface area contributed by atoms with Crippen LogP contribution in [0.15, 0.2) is 12.1 Å². The van der Waals surface area contributed by atoms with E-state index in [9.17, 15) is 14.9 Å². The number of anilines is 2. The number of aromatic nitrogens is 2. The summed E-state index contributed by atoms with van der Waals surface area (Å²) in [6.07, 6.45) is 0. The Hall–Kier alpha value is -2.61. The van der Waals surface area contributed by atoms with Gasteiger partial charge in [0, 0.05) is 11.6 Å². The maximum Gasteiger partial charge on any atom is 0.294 e. The van der Waals surface area contributed by atoms with Crippen LogP contribution in [0.3, 0.4) is 0 Å². The second-order valence-electron chi connectivity index (χ2n) is 4.41. The van der Waals surface area contributed by atoms with Gasteiger partial charge in [-0.1, -0.05) is 11.6 Å². The molecule has 9 heteroatoms. The number of rotatable bonds is 3. The van der Waals surface area contributed by atoms with E-state index in [0.717, 1.165) is 6.07 Å². The zero-order valence-electron chi connectivity index (χ0n) is 11.2. The highest BCUT2D eigenvalue weighted by Gasteiger charge is 2.20. The summed E-state index contributed by atoms with van der Waals surface area (Å²) in [6.45, 7) is 3.46. The number of nitrogens with zero attached hydrogens (tertiary/aromatic N) is 2. The summed E-state index contributed by atoms with van der Waals surface area (Å²) in [5.74, 6) is -0.535. The number of halogens is 1. The third-order valence-electron chi connectivity index (χ3n) is 2.93. The number of aromatic amines is 1. The van der Waals surface area contributed by atoms with Crippen LogP contribution in [0, 0.1) is 24.0 Å². The lowest BCUT2D eigenvalue weighted by Crippen LogP contribution is -2.14. The Morgan fingerprint density at radius 3 is 2.67 bits per heavy atom. The number of carbonyl (C=O) groups is 1. The minimum atomic E-state index is -0.688. The van der Waals surface area contributed by atoms with Crippen molar-refractivity contribution in [3.05, 3.63) is 44.2 Å². The van der Waals surface area contributed by atoms with E-state index in [2.05, 4.69) is 15.5 Å². The molecule has 21 heavy (non-hydrogen) atoms. The van der Waals surface area contributed by atoms with Gasteiger partial charge in [-0.25, -0.2) is 0 Å². The summed E-state index contributed by atoms with van der Waals surface area (Å²) >= 11 is 5.82. The van der Waals surface area contributed by atoms with Gasteiger partial charge in [-0.3, -0.25) is 20.0 Å². The zero-order chi connectivity index (χ0) is 15.7. The summed E-state index contributed by atoms with van der Waals surface area (Å²) in [5.41, 5.74) is 6.79. The molecule has 0 saturated heterocycles. The molecule has 1 heterocycles. The molecule has 0 aliphatic heterocycles. The number of nitro groups is 1. The molecule has 8 nitrogen and oxygen atoms in total. The SMILES string of the molecule is Cc1n[nH]c(C)c1NC(=O)c1cc(Cl)c(N)c([N+](=O)[O-])c1. The number of hydrogen-bond donors (Lipinski definition) is 3. The Labute approximate surface area is 124 Å². The fraction of sp³-hybridized carbons (Fsp3) is 0.167. The Bertz CT molecular complexity index is 721. The summed E-state index contributed by atoms with van der Waals surface area (Å²) in [5, 5.41) is 20.2. The van der Waals surface area contributed by atoms with Gasteiger partial charge in [-0.05, 0) is 19.9 Å². The van der Waals surface area contributed by atoms with Crippen molar-refractivity contribution in [1.82, 2.24) is 10.2 Å². The van der Waals surface area contributed by atoms with Gasteiger partial charge in [0.1, 0.15) is 5.69 Å². The van der Waals surface area contributed by atoms with Gasteiger partial charge in [0.2, 0.25) is 0 Å². The molecule has 0 atom stereocenters. The fourth-order valence-electron chi connectivity index (χ4n) is 1.81. The maximum atomic E-state index is 12.2. The summed E-state index contributed by atoms with van der Waals surface area (Å²) in [6, 6.07) is 2.37. The first kappa shape index (κ1) is 14.8. The van der Waals surface area contributed by atoms with Crippen molar-refractivity contribution in [3.63, 3.8) is 0 Å². The van der Waals surface area contributed by atoms with Crippen LogP contribution in [0.1, 0.15) is 21.7 Å². The van der Waals surface area contributed by atoms with Gasteiger partial charge in [0.05, 0.1) is 27.0 Å². The molecule has 0 aliphatic rings. The lowest BCUT2D eigenvalue weighted by Gasteiger charge is -2.07. The highest BCUT2D eigenvalue weighted by atomic mass is 35.5. The number of H-pyrrole nitrogens is 1. The van der Waals surface area contributed by atoms with E-state index in [1.54, 1.807) is 13.8 Å². The van der Waals surface area contributed by atoms with E-state index in [0.29, 0.717) is 17.1 Å². The fourth-order valence-corrected chi connectivity index (χ4v) is 2.02. The molecule has 0 saturated carbocycles. The largest absolute Gasteiger partial charge is 0.392 e. The number of nitrogens with one attached hydrogen (secondary N) is 2. The average molecular weight is 310 g/mol. The predicted molar refractivity (Wildman–Crippen MR) is 78.5 cm³/mol. The van der Waals surface area contributed by atoms with Crippen molar-refractivity contribution in [3.8, 4) is 0 Å². The molecule has 1 aromatic carbocycles. The molecule has 0 spiro atoms. The lowest BCUT2D eigenvalue weighted by atomic mass is 10.1. The van der Waals surface area contributed by atoms with Crippen LogP contribution in [0.2, 0.25) is 5.02 Å². The van der Waals surface area contributed by atoms with Crippen molar-refractivity contribution < 1.29 is 9.72 Å². The second-order valence-corrected chi connectivity index (χ2v) is 4.82. The first-order chi connectivity index (χ1) is 9.81. The summed E-state index contributed by atoms with van der Waals surface area (Å²) in [4.78, 5) is 22.4. The van der Waals surface area contributed by atoms with Gasteiger partial charge in [-0.15, -0.1) is 0 Å². The molecule has 0 aliphatic carbocycles. The van der Waals surface area contributed by atoms with Crippen LogP contribution in [-0.4, -0.2) is 21.0 Å². The minimum Gasteiger partial charge on any atom is -0.392 e. The van der Waals surface area contributed by atoms with Gasteiger partial charge < -0.3 is 11.1 Å². The minimum absolute atomic E-state index is 0.0425. The van der Waals surface area contributed by atoms with Gasteiger partial charge in [0.25, 0.3) is 11.6 Å². The third-order valence-corrected chi connectivity index (χ3v) is 3.25. The molecular weight excluding hydrogens is 298 g/mol. The summed E-state index contributed by atoms with van der Waals surface area (Å²) < 4.78 is 0. The van der Waals surface area contributed by atoms with Gasteiger partial charge >= 0.3 is 0 Å². The second kappa shape index (κ2) is 5.41. The van der Waals surface area contributed by atoms with Crippen molar-refractivity contribution in [2.45, 2.75) is 13.8 Å². The monoisotopic (exact) mass is 309 g/mol. The lowest BCUT2D eigenvalue weighted by molar-refractivity contribution is -0.383. The van der Waals surface area contributed by atoms with Crippen LogP contribution in [0.25, 0.3) is 0 Å².